The number of benzene rings is 2. The second-order valence-electron chi connectivity index (χ2n) is 5.87. The van der Waals surface area contributed by atoms with E-state index in [2.05, 4.69) is 20.6 Å². The van der Waals surface area contributed by atoms with Crippen molar-refractivity contribution in [3.8, 4) is 0 Å². The van der Waals surface area contributed by atoms with E-state index in [9.17, 15) is 4.79 Å². The van der Waals surface area contributed by atoms with Crippen molar-refractivity contribution in [1.82, 2.24) is 15.3 Å². The Balaban J connectivity index is 1.50. The van der Waals surface area contributed by atoms with Gasteiger partial charge in [-0.05, 0) is 72.6 Å². The van der Waals surface area contributed by atoms with Crippen molar-refractivity contribution >= 4 is 35.1 Å². The SMILES string of the molecule is Cc1cc(Sc2ncccn2)ccc1NC(=O)NCCc1ccc(Cl)cc1. The van der Waals surface area contributed by atoms with Crippen molar-refractivity contribution in [2.75, 3.05) is 11.9 Å². The average Bonchev–Trinajstić information content (AvgIpc) is 2.66. The number of carbonyl (C=O) groups excluding carboxylic acids is 1. The molecule has 1 aromatic heterocycles. The predicted octanol–water partition coefficient (Wildman–Crippen LogP) is 4.95. The van der Waals surface area contributed by atoms with Crippen LogP contribution in [0.15, 0.2) is 71.0 Å². The third kappa shape index (κ3) is 5.98. The van der Waals surface area contributed by atoms with Crippen LogP contribution in [-0.2, 0) is 6.42 Å². The van der Waals surface area contributed by atoms with E-state index in [-0.39, 0.29) is 6.03 Å². The molecule has 0 saturated carbocycles. The second-order valence-corrected chi connectivity index (χ2v) is 7.34. The first kappa shape index (κ1) is 19.2. The summed E-state index contributed by atoms with van der Waals surface area (Å²) in [6, 6.07) is 15.0. The monoisotopic (exact) mass is 398 g/mol. The summed E-state index contributed by atoms with van der Waals surface area (Å²) in [5.41, 5.74) is 2.88. The number of rotatable bonds is 6. The van der Waals surface area contributed by atoms with Crippen molar-refractivity contribution in [2.24, 2.45) is 0 Å². The summed E-state index contributed by atoms with van der Waals surface area (Å²) >= 11 is 7.35. The molecule has 3 rings (SSSR count). The van der Waals surface area contributed by atoms with Gasteiger partial charge in [-0.25, -0.2) is 14.8 Å². The highest BCUT2D eigenvalue weighted by atomic mass is 35.5. The van der Waals surface area contributed by atoms with E-state index in [0.29, 0.717) is 16.7 Å². The Morgan fingerprint density at radius 3 is 2.56 bits per heavy atom. The maximum atomic E-state index is 12.1. The normalized spacial score (nSPS) is 10.4. The lowest BCUT2D eigenvalue weighted by Crippen LogP contribution is -2.30. The standard InChI is InChI=1S/C20H19ClN4OS/c1-14-13-17(27-20-23-10-2-11-24-20)7-8-18(14)25-19(26)22-12-9-15-3-5-16(21)6-4-15/h2-8,10-11,13H,9,12H2,1H3,(H2,22,25,26). The molecule has 0 saturated heterocycles. The van der Waals surface area contributed by atoms with Gasteiger partial charge in [0, 0.05) is 34.5 Å². The molecule has 5 nitrogen and oxygen atoms in total. The van der Waals surface area contributed by atoms with Gasteiger partial charge in [-0.15, -0.1) is 0 Å². The lowest BCUT2D eigenvalue weighted by atomic mass is 10.1. The molecule has 2 N–H and O–H groups in total. The van der Waals surface area contributed by atoms with Crippen LogP contribution in [0.25, 0.3) is 0 Å². The van der Waals surface area contributed by atoms with Gasteiger partial charge < -0.3 is 10.6 Å². The van der Waals surface area contributed by atoms with Crippen LogP contribution in [0.3, 0.4) is 0 Å². The van der Waals surface area contributed by atoms with E-state index in [0.717, 1.165) is 28.1 Å². The Morgan fingerprint density at radius 1 is 1.11 bits per heavy atom. The van der Waals surface area contributed by atoms with Crippen LogP contribution in [0.2, 0.25) is 5.02 Å². The summed E-state index contributed by atoms with van der Waals surface area (Å²) in [7, 11) is 0. The predicted molar refractivity (Wildman–Crippen MR) is 110 cm³/mol. The van der Waals surface area contributed by atoms with Crippen molar-refractivity contribution in [1.29, 1.82) is 0 Å². The van der Waals surface area contributed by atoms with Gasteiger partial charge in [0.05, 0.1) is 0 Å². The molecule has 2 amide bonds. The summed E-state index contributed by atoms with van der Waals surface area (Å²) in [5, 5.41) is 7.15. The summed E-state index contributed by atoms with van der Waals surface area (Å²) in [5.74, 6) is 0. The number of urea groups is 1. The maximum Gasteiger partial charge on any atom is 0.319 e. The first-order valence-corrected chi connectivity index (χ1v) is 9.64. The molecule has 7 heteroatoms. The molecule has 0 bridgehead atoms. The fraction of sp³-hybridized carbons (Fsp3) is 0.150. The van der Waals surface area contributed by atoms with E-state index < -0.39 is 0 Å². The largest absolute Gasteiger partial charge is 0.338 e. The third-order valence-electron chi connectivity index (χ3n) is 3.81. The van der Waals surface area contributed by atoms with Crippen molar-refractivity contribution in [3.05, 3.63) is 77.1 Å². The first-order chi connectivity index (χ1) is 13.1. The average molecular weight is 399 g/mol. The number of hydrogen-bond acceptors (Lipinski definition) is 4. The quantitative estimate of drug-likeness (QED) is 0.576. The molecule has 0 unspecified atom stereocenters. The van der Waals surface area contributed by atoms with E-state index >= 15 is 0 Å². The van der Waals surface area contributed by atoms with E-state index in [1.807, 2.05) is 49.4 Å². The van der Waals surface area contributed by atoms with Crippen molar-refractivity contribution < 1.29 is 4.79 Å². The molecule has 0 spiro atoms. The summed E-state index contributed by atoms with van der Waals surface area (Å²) in [6.07, 6.45) is 4.18. The van der Waals surface area contributed by atoms with Crippen molar-refractivity contribution in [3.63, 3.8) is 0 Å². The molecule has 3 aromatic rings. The van der Waals surface area contributed by atoms with Gasteiger partial charge in [0.15, 0.2) is 5.16 Å². The lowest BCUT2D eigenvalue weighted by Gasteiger charge is -2.11. The van der Waals surface area contributed by atoms with Crippen LogP contribution < -0.4 is 10.6 Å². The van der Waals surface area contributed by atoms with E-state index in [1.54, 1.807) is 18.5 Å². The highest BCUT2D eigenvalue weighted by Gasteiger charge is 2.07. The Bertz CT molecular complexity index is 904. The van der Waals surface area contributed by atoms with Crippen LogP contribution in [0.1, 0.15) is 11.1 Å². The highest BCUT2D eigenvalue weighted by molar-refractivity contribution is 7.99. The van der Waals surface area contributed by atoms with Crippen LogP contribution in [0, 0.1) is 6.92 Å². The zero-order valence-electron chi connectivity index (χ0n) is 14.8. The topological polar surface area (TPSA) is 66.9 Å². The van der Waals surface area contributed by atoms with Crippen molar-refractivity contribution in [2.45, 2.75) is 23.4 Å². The Hall–Kier alpha value is -2.57. The Morgan fingerprint density at radius 2 is 1.85 bits per heavy atom. The van der Waals surface area contributed by atoms with Gasteiger partial charge >= 0.3 is 6.03 Å². The Kier molecular flexibility index (Phi) is 6.68. The molecular weight excluding hydrogens is 380 g/mol. The van der Waals surface area contributed by atoms with Gasteiger partial charge in [-0.1, -0.05) is 23.7 Å². The minimum Gasteiger partial charge on any atom is -0.338 e. The fourth-order valence-electron chi connectivity index (χ4n) is 2.42. The molecule has 0 aliphatic carbocycles. The molecular formula is C20H19ClN4OS. The maximum absolute atomic E-state index is 12.1. The molecule has 138 valence electrons. The van der Waals surface area contributed by atoms with E-state index in [1.165, 1.54) is 11.8 Å². The molecule has 0 aliphatic rings. The number of amides is 2. The first-order valence-electron chi connectivity index (χ1n) is 8.45. The minimum absolute atomic E-state index is 0.223. The number of aromatic nitrogens is 2. The van der Waals surface area contributed by atoms with Gasteiger partial charge in [-0.3, -0.25) is 0 Å². The van der Waals surface area contributed by atoms with Crippen LogP contribution >= 0.6 is 23.4 Å². The molecule has 0 atom stereocenters. The third-order valence-corrected chi connectivity index (χ3v) is 4.94. The number of halogens is 1. The number of carbonyl (C=O) groups is 1. The molecule has 27 heavy (non-hydrogen) atoms. The van der Waals surface area contributed by atoms with E-state index in [4.69, 9.17) is 11.6 Å². The number of nitrogens with zero attached hydrogens (tertiary/aromatic N) is 2. The lowest BCUT2D eigenvalue weighted by molar-refractivity contribution is 0.252. The highest BCUT2D eigenvalue weighted by Crippen LogP contribution is 2.27. The van der Waals surface area contributed by atoms with Gasteiger partial charge in [0.1, 0.15) is 0 Å². The number of anilines is 1. The van der Waals surface area contributed by atoms with Gasteiger partial charge in [0.25, 0.3) is 0 Å². The molecule has 0 fully saturated rings. The number of aryl methyl sites for hydroxylation is 1. The zero-order chi connectivity index (χ0) is 19.1. The number of nitrogens with one attached hydrogen (secondary N) is 2. The molecule has 1 heterocycles. The zero-order valence-corrected chi connectivity index (χ0v) is 16.3. The van der Waals surface area contributed by atoms with Gasteiger partial charge in [-0.2, -0.15) is 0 Å². The van der Waals surface area contributed by atoms with Crippen LogP contribution in [0.4, 0.5) is 10.5 Å². The van der Waals surface area contributed by atoms with Gasteiger partial charge in [0.2, 0.25) is 0 Å². The van der Waals surface area contributed by atoms with Crippen LogP contribution in [0.5, 0.6) is 0 Å². The second kappa shape index (κ2) is 9.39. The fourth-order valence-corrected chi connectivity index (χ4v) is 3.36. The smallest absolute Gasteiger partial charge is 0.319 e. The number of hydrogen-bond donors (Lipinski definition) is 2. The summed E-state index contributed by atoms with van der Waals surface area (Å²) in [4.78, 5) is 21.5. The Labute approximate surface area is 167 Å². The molecule has 2 aromatic carbocycles. The summed E-state index contributed by atoms with van der Waals surface area (Å²) < 4.78 is 0. The molecule has 0 aliphatic heterocycles. The minimum atomic E-state index is -0.223. The van der Waals surface area contributed by atoms with Crippen LogP contribution in [-0.4, -0.2) is 22.5 Å². The molecule has 0 radical (unpaired) electrons. The summed E-state index contributed by atoms with van der Waals surface area (Å²) in [6.45, 7) is 2.50.